The van der Waals surface area contributed by atoms with Gasteiger partial charge >= 0.3 is 0 Å². The van der Waals surface area contributed by atoms with Crippen LogP contribution in [0.2, 0.25) is 0 Å². The van der Waals surface area contributed by atoms with Gasteiger partial charge in [0.15, 0.2) is 5.96 Å². The van der Waals surface area contributed by atoms with E-state index < -0.39 is 0 Å². The Balaban J connectivity index is 0.00000288. The zero-order valence-electron chi connectivity index (χ0n) is 15.9. The largest absolute Gasteiger partial charge is 0.378 e. The molecule has 140 valence electrons. The van der Waals surface area contributed by atoms with Crippen LogP contribution in [-0.2, 0) is 4.74 Å². The normalized spacial score (nSPS) is 30.9. The molecule has 5 nitrogen and oxygen atoms in total. The Labute approximate surface area is 164 Å². The van der Waals surface area contributed by atoms with E-state index in [0.717, 1.165) is 44.9 Å². The van der Waals surface area contributed by atoms with Gasteiger partial charge in [0.25, 0.3) is 0 Å². The number of ether oxygens (including phenoxy) is 1. The Hall–Kier alpha value is -0.340. The SMILES string of the molecule is C=CCN1CCC(NC(=NC)NC2CC(C)(OC)C2(C)C)CC1.I. The lowest BCUT2D eigenvalue weighted by molar-refractivity contribution is -0.176. The summed E-state index contributed by atoms with van der Waals surface area (Å²) in [6.45, 7) is 13.8. The molecule has 1 aliphatic carbocycles. The Bertz CT molecular complexity index is 446. The van der Waals surface area contributed by atoms with E-state index in [1.54, 1.807) is 0 Å². The minimum Gasteiger partial charge on any atom is -0.378 e. The van der Waals surface area contributed by atoms with Crippen molar-refractivity contribution in [2.45, 2.75) is 57.7 Å². The highest BCUT2D eigenvalue weighted by molar-refractivity contribution is 14.0. The second kappa shape index (κ2) is 8.85. The van der Waals surface area contributed by atoms with Crippen LogP contribution in [0.25, 0.3) is 0 Å². The molecule has 1 saturated heterocycles. The lowest BCUT2D eigenvalue weighted by Gasteiger charge is -2.59. The molecule has 0 aromatic rings. The number of hydrogen-bond donors (Lipinski definition) is 2. The highest BCUT2D eigenvalue weighted by Crippen LogP contribution is 2.51. The number of nitrogens with one attached hydrogen (secondary N) is 2. The van der Waals surface area contributed by atoms with Crippen LogP contribution in [0.3, 0.4) is 0 Å². The first-order chi connectivity index (χ1) is 10.9. The number of guanidine groups is 1. The molecule has 2 rings (SSSR count). The molecule has 2 unspecified atom stereocenters. The molecule has 1 heterocycles. The quantitative estimate of drug-likeness (QED) is 0.293. The van der Waals surface area contributed by atoms with E-state index in [9.17, 15) is 0 Å². The Morgan fingerprint density at radius 2 is 1.92 bits per heavy atom. The average molecular weight is 450 g/mol. The molecule has 0 bridgehead atoms. The van der Waals surface area contributed by atoms with E-state index in [0.29, 0.717) is 12.1 Å². The lowest BCUT2D eigenvalue weighted by Crippen LogP contribution is -2.69. The van der Waals surface area contributed by atoms with Crippen molar-refractivity contribution in [3.8, 4) is 0 Å². The summed E-state index contributed by atoms with van der Waals surface area (Å²) in [6, 6.07) is 0.888. The molecular formula is C18H35IN4O. The van der Waals surface area contributed by atoms with E-state index in [1.165, 1.54) is 0 Å². The molecule has 0 radical (unpaired) electrons. The maximum Gasteiger partial charge on any atom is 0.191 e. The lowest BCUT2D eigenvalue weighted by atomic mass is 9.56. The number of aliphatic imine (C=N–C) groups is 1. The first-order valence-corrected chi connectivity index (χ1v) is 8.74. The zero-order chi connectivity index (χ0) is 17.1. The van der Waals surface area contributed by atoms with Gasteiger partial charge in [-0.1, -0.05) is 19.9 Å². The second-order valence-electron chi connectivity index (χ2n) is 7.64. The summed E-state index contributed by atoms with van der Waals surface area (Å²) >= 11 is 0. The molecule has 2 atom stereocenters. The van der Waals surface area contributed by atoms with Crippen LogP contribution in [-0.4, -0.2) is 62.3 Å². The van der Waals surface area contributed by atoms with Crippen LogP contribution < -0.4 is 10.6 Å². The minimum absolute atomic E-state index is 0. The van der Waals surface area contributed by atoms with Crippen LogP contribution >= 0.6 is 24.0 Å². The smallest absolute Gasteiger partial charge is 0.191 e. The van der Waals surface area contributed by atoms with Crippen LogP contribution in [0, 0.1) is 5.41 Å². The van der Waals surface area contributed by atoms with Crippen molar-refractivity contribution in [1.29, 1.82) is 0 Å². The molecule has 0 aromatic carbocycles. The standard InChI is InChI=1S/C18H34N4O.HI/c1-7-10-22-11-8-14(9-12-22)20-16(19-5)21-15-13-18(4,23-6)17(15,2)3;/h7,14-15H,1,8-13H2,2-6H3,(H2,19,20,21);1H. The zero-order valence-corrected chi connectivity index (χ0v) is 18.2. The number of piperidine rings is 1. The van der Waals surface area contributed by atoms with E-state index >= 15 is 0 Å². The first kappa shape index (κ1) is 21.7. The van der Waals surface area contributed by atoms with Gasteiger partial charge in [-0.2, -0.15) is 0 Å². The third kappa shape index (κ3) is 4.43. The van der Waals surface area contributed by atoms with Crippen LogP contribution in [0.5, 0.6) is 0 Å². The highest BCUT2D eigenvalue weighted by atomic mass is 127. The van der Waals surface area contributed by atoms with E-state index in [-0.39, 0.29) is 35.0 Å². The summed E-state index contributed by atoms with van der Waals surface area (Å²) in [4.78, 5) is 6.87. The van der Waals surface area contributed by atoms with Crippen molar-refractivity contribution in [2.75, 3.05) is 33.8 Å². The Kier molecular flexibility index (Phi) is 8.00. The van der Waals surface area contributed by atoms with Crippen LogP contribution in [0.1, 0.15) is 40.0 Å². The Morgan fingerprint density at radius 3 is 2.38 bits per heavy atom. The van der Waals surface area contributed by atoms with E-state index in [1.807, 2.05) is 20.2 Å². The molecule has 1 saturated carbocycles. The summed E-state index contributed by atoms with van der Waals surface area (Å²) in [5, 5.41) is 7.19. The maximum absolute atomic E-state index is 5.71. The maximum atomic E-state index is 5.71. The molecule has 0 aromatic heterocycles. The predicted octanol–water partition coefficient (Wildman–Crippen LogP) is 2.62. The number of hydrogen-bond acceptors (Lipinski definition) is 3. The number of rotatable bonds is 5. The molecule has 6 heteroatoms. The van der Waals surface area contributed by atoms with Gasteiger partial charge in [0, 0.05) is 51.3 Å². The van der Waals surface area contributed by atoms with Crippen molar-refractivity contribution >= 4 is 29.9 Å². The molecule has 1 aliphatic heterocycles. The van der Waals surface area contributed by atoms with Gasteiger partial charge < -0.3 is 15.4 Å². The van der Waals surface area contributed by atoms with Crippen molar-refractivity contribution in [3.63, 3.8) is 0 Å². The van der Waals surface area contributed by atoms with Crippen molar-refractivity contribution in [3.05, 3.63) is 12.7 Å². The topological polar surface area (TPSA) is 48.9 Å². The van der Waals surface area contributed by atoms with E-state index in [4.69, 9.17) is 4.74 Å². The van der Waals surface area contributed by atoms with Gasteiger partial charge in [0.2, 0.25) is 0 Å². The summed E-state index contributed by atoms with van der Waals surface area (Å²) in [7, 11) is 3.66. The van der Waals surface area contributed by atoms with Gasteiger partial charge in [-0.3, -0.25) is 9.89 Å². The van der Waals surface area contributed by atoms with Crippen molar-refractivity contribution < 1.29 is 4.74 Å². The molecule has 2 aliphatic rings. The fourth-order valence-electron chi connectivity index (χ4n) is 3.69. The molecule has 0 spiro atoms. The fraction of sp³-hybridized carbons (Fsp3) is 0.833. The summed E-state index contributed by atoms with van der Waals surface area (Å²) < 4.78 is 5.71. The molecule has 24 heavy (non-hydrogen) atoms. The predicted molar refractivity (Wildman–Crippen MR) is 112 cm³/mol. The third-order valence-electron chi connectivity index (χ3n) is 6.13. The van der Waals surface area contributed by atoms with Gasteiger partial charge in [0.1, 0.15) is 0 Å². The van der Waals surface area contributed by atoms with Crippen molar-refractivity contribution in [1.82, 2.24) is 15.5 Å². The number of nitrogens with zero attached hydrogens (tertiary/aromatic N) is 2. The second-order valence-corrected chi connectivity index (χ2v) is 7.64. The van der Waals surface area contributed by atoms with Gasteiger partial charge in [-0.15, -0.1) is 30.6 Å². The van der Waals surface area contributed by atoms with Gasteiger partial charge in [0.05, 0.1) is 5.60 Å². The van der Waals surface area contributed by atoms with Gasteiger partial charge in [-0.25, -0.2) is 0 Å². The minimum atomic E-state index is -0.0560. The molecule has 2 fully saturated rings. The number of methoxy groups -OCH3 is 1. The fourth-order valence-corrected chi connectivity index (χ4v) is 3.69. The van der Waals surface area contributed by atoms with Crippen LogP contribution in [0.4, 0.5) is 0 Å². The molecule has 0 amide bonds. The Morgan fingerprint density at radius 1 is 1.29 bits per heavy atom. The number of likely N-dealkylation sites (tertiary alicyclic amines) is 1. The molecular weight excluding hydrogens is 415 g/mol. The monoisotopic (exact) mass is 450 g/mol. The summed E-state index contributed by atoms with van der Waals surface area (Å²) in [5.74, 6) is 0.920. The van der Waals surface area contributed by atoms with Crippen LogP contribution in [0.15, 0.2) is 17.6 Å². The highest BCUT2D eigenvalue weighted by Gasteiger charge is 2.58. The third-order valence-corrected chi connectivity index (χ3v) is 6.13. The number of halogens is 1. The first-order valence-electron chi connectivity index (χ1n) is 8.74. The summed E-state index contributed by atoms with van der Waals surface area (Å²) in [5.41, 5.74) is 0.0340. The summed E-state index contributed by atoms with van der Waals surface area (Å²) in [6.07, 6.45) is 5.30. The van der Waals surface area contributed by atoms with E-state index in [2.05, 4.69) is 47.9 Å². The van der Waals surface area contributed by atoms with Crippen molar-refractivity contribution in [2.24, 2.45) is 10.4 Å². The average Bonchev–Trinajstić information content (AvgIpc) is 2.55. The molecule has 2 N–H and O–H groups in total. The van der Waals surface area contributed by atoms with Gasteiger partial charge in [-0.05, 0) is 26.2 Å².